The zero-order valence-electron chi connectivity index (χ0n) is 47.5. The molecule has 304 valence electrons. The van der Waals surface area contributed by atoms with Crippen LogP contribution in [-0.2, 0) is 31.9 Å². The zero-order chi connectivity index (χ0) is 53.2. The second-order valence-corrected chi connectivity index (χ2v) is 16.6. The quantitative estimate of drug-likeness (QED) is 0.118. The van der Waals surface area contributed by atoms with Gasteiger partial charge in [0.15, 0.2) is 0 Å². The van der Waals surface area contributed by atoms with Gasteiger partial charge < -0.3 is 9.30 Å². The number of hydrogen-bond donors (Lipinski definition) is 0. The van der Waals surface area contributed by atoms with Crippen LogP contribution in [0.4, 0.5) is 22.7 Å². The Labute approximate surface area is 395 Å². The van der Waals surface area contributed by atoms with Crippen LogP contribution >= 0.6 is 0 Å². The molecule has 0 unspecified atom stereocenters. The Kier molecular flexibility index (Phi) is 7.21. The molecule has 7 heteroatoms. The van der Waals surface area contributed by atoms with Gasteiger partial charge in [-0.05, 0) is 68.4 Å². The molecule has 0 atom stereocenters. The molecule has 0 bridgehead atoms. The van der Waals surface area contributed by atoms with Gasteiger partial charge in [0.2, 0.25) is 5.69 Å². The van der Waals surface area contributed by atoms with Gasteiger partial charge in [-0.25, -0.2) is 4.98 Å². The monoisotopic (exact) mass is 999 g/mol. The van der Waals surface area contributed by atoms with E-state index in [0.717, 1.165) is 27.5 Å². The maximum Gasteiger partial charge on any atom is 2.00 e. The number of ether oxygens (including phenoxy) is 1. The van der Waals surface area contributed by atoms with Crippen molar-refractivity contribution in [3.8, 4) is 39.6 Å². The first-order valence-electron chi connectivity index (χ1n) is 26.2. The van der Waals surface area contributed by atoms with Gasteiger partial charge in [0, 0.05) is 41.5 Å². The fourth-order valence-corrected chi connectivity index (χ4v) is 7.44. The molecular formula is C55H45N5OPt+2. The number of hydrogen-bond acceptors (Lipinski definition) is 3. The smallest absolute Gasteiger partial charge is 0.509 e. The van der Waals surface area contributed by atoms with E-state index in [9.17, 15) is 2.74 Å². The molecule has 10 rings (SSSR count). The summed E-state index contributed by atoms with van der Waals surface area (Å²) in [7, 11) is 0. The molecule has 62 heavy (non-hydrogen) atoms. The summed E-state index contributed by atoms with van der Waals surface area (Å²) >= 11 is 0. The van der Waals surface area contributed by atoms with Crippen molar-refractivity contribution in [2.75, 3.05) is 0 Å². The van der Waals surface area contributed by atoms with Gasteiger partial charge in [-0.1, -0.05) is 148 Å². The summed E-state index contributed by atoms with van der Waals surface area (Å²) in [4.78, 5) is 9.52. The number of rotatable bonds is 7. The molecular weight excluding hydrogens is 942 g/mol. The summed E-state index contributed by atoms with van der Waals surface area (Å²) < 4.78 is 127. The molecule has 6 nitrogen and oxygen atoms in total. The van der Waals surface area contributed by atoms with Crippen molar-refractivity contribution >= 4 is 50.7 Å². The number of aromatic nitrogens is 3. The van der Waals surface area contributed by atoms with Gasteiger partial charge in [0.25, 0.3) is 11.4 Å². The second-order valence-electron chi connectivity index (χ2n) is 16.6. The van der Waals surface area contributed by atoms with Crippen LogP contribution in [0.1, 0.15) is 70.5 Å². The number of para-hydroxylation sites is 3. The molecule has 0 spiro atoms. The number of benzene rings is 6. The van der Waals surface area contributed by atoms with Crippen LogP contribution in [0.15, 0.2) is 164 Å². The minimum absolute atomic E-state index is 0. The molecule has 0 fully saturated rings. The van der Waals surface area contributed by atoms with E-state index in [-0.39, 0.29) is 37.9 Å². The first-order chi connectivity index (χ1) is 34.9. The predicted molar refractivity (Wildman–Crippen MR) is 250 cm³/mol. The Morgan fingerprint density at radius 2 is 1.29 bits per heavy atom. The van der Waals surface area contributed by atoms with Crippen LogP contribution in [0.25, 0.3) is 50.0 Å². The molecule has 0 amide bonds. The average molecular weight is 1000 g/mol. The van der Waals surface area contributed by atoms with Crippen molar-refractivity contribution in [1.82, 2.24) is 23.7 Å². The van der Waals surface area contributed by atoms with Crippen molar-refractivity contribution in [3.63, 3.8) is 0 Å². The SMILES string of the molecule is [2H]c1c([2H])c([2H])c(-c2c([2H])c([2H])c([2H])c(-c3c([2H])c([2H])c([2H])c([2H])c3[2H])c2[N+]2=C=[N+](c3[c-]c(Oc4[c-]c5c(cc4)c4ncccc4n5-c4cc(C(C)(C)C)ccn4)cc(C(C)(C)C)c3)c3ccccc32)c([2H])c1[2H].[Pt+2]. The molecule has 0 saturated heterocycles. The van der Waals surface area contributed by atoms with E-state index in [0.29, 0.717) is 34.1 Å². The third-order valence-corrected chi connectivity index (χ3v) is 10.5. The van der Waals surface area contributed by atoms with Crippen molar-refractivity contribution in [2.45, 2.75) is 52.4 Å². The van der Waals surface area contributed by atoms with E-state index < -0.39 is 106 Å². The summed E-state index contributed by atoms with van der Waals surface area (Å²) in [6.45, 7) is 12.5. The van der Waals surface area contributed by atoms with Crippen molar-refractivity contribution in [1.29, 1.82) is 0 Å². The molecule has 6 aromatic carbocycles. The summed E-state index contributed by atoms with van der Waals surface area (Å²) in [6.07, 6.45) is 3.53. The third kappa shape index (κ3) is 7.40. The van der Waals surface area contributed by atoms with E-state index in [1.165, 1.54) is 4.58 Å². The van der Waals surface area contributed by atoms with Gasteiger partial charge in [0.1, 0.15) is 11.5 Å². The summed E-state index contributed by atoms with van der Waals surface area (Å²) in [5.41, 5.74) is 2.52. The summed E-state index contributed by atoms with van der Waals surface area (Å²) in [5, 5.41) is 0.832. The van der Waals surface area contributed by atoms with Crippen LogP contribution < -0.4 is 13.9 Å². The third-order valence-electron chi connectivity index (χ3n) is 10.5. The van der Waals surface area contributed by atoms with Gasteiger partial charge in [0.05, 0.1) is 34.5 Å². The first-order valence-corrected chi connectivity index (χ1v) is 19.7. The van der Waals surface area contributed by atoms with E-state index in [1.807, 2.05) is 61.7 Å². The Bertz CT molecular complexity index is 3850. The predicted octanol–water partition coefficient (Wildman–Crippen LogP) is 13.7. The number of fused-ring (bicyclic) bond motifs is 4. The Morgan fingerprint density at radius 1 is 0.629 bits per heavy atom. The van der Waals surface area contributed by atoms with Gasteiger partial charge in [-0.2, -0.15) is 6.07 Å². The van der Waals surface area contributed by atoms with Crippen LogP contribution in [0.2, 0.25) is 0 Å². The van der Waals surface area contributed by atoms with Crippen LogP contribution in [0.5, 0.6) is 11.5 Å². The molecule has 9 aromatic rings. The second kappa shape index (κ2) is 16.0. The normalized spacial score (nSPS) is 15.4. The largest absolute Gasteiger partial charge is 2.00 e. The van der Waals surface area contributed by atoms with Gasteiger partial charge in [-0.15, -0.1) is 23.8 Å². The molecule has 1 aliphatic heterocycles. The summed E-state index contributed by atoms with van der Waals surface area (Å²) in [6, 6.07) is 23.0. The molecule has 0 saturated carbocycles. The molecule has 0 radical (unpaired) electrons. The van der Waals surface area contributed by atoms with Gasteiger partial charge in [-0.3, -0.25) is 4.98 Å². The fraction of sp³-hybridized carbons (Fsp3) is 0.145. The van der Waals surface area contributed by atoms with Crippen molar-refractivity contribution in [2.24, 2.45) is 0 Å². The molecule has 4 heterocycles. The Morgan fingerprint density at radius 3 is 1.95 bits per heavy atom. The first kappa shape index (κ1) is 28.0. The van der Waals surface area contributed by atoms with Crippen LogP contribution in [-0.4, -0.2) is 20.5 Å². The van der Waals surface area contributed by atoms with Crippen LogP contribution in [0, 0.1) is 12.1 Å². The molecule has 0 N–H and O–H groups in total. The Balaban J connectivity index is 0.00000689. The minimum atomic E-state index is -0.781. The molecule has 3 aromatic heterocycles. The van der Waals surface area contributed by atoms with Crippen molar-refractivity contribution < 1.29 is 43.6 Å². The Hall–Kier alpha value is -6.71. The topological polar surface area (TPSA) is 46.0 Å². The van der Waals surface area contributed by atoms with E-state index in [1.54, 1.807) is 47.3 Å². The van der Waals surface area contributed by atoms with Gasteiger partial charge >= 0.3 is 27.1 Å². The van der Waals surface area contributed by atoms with E-state index in [4.69, 9.17) is 29.8 Å². The zero-order valence-corrected chi connectivity index (χ0v) is 36.8. The van der Waals surface area contributed by atoms with E-state index in [2.05, 4.69) is 45.0 Å². The maximum absolute atomic E-state index is 9.42. The summed E-state index contributed by atoms with van der Waals surface area (Å²) in [5.74, 6) is 1.32. The molecule has 0 aliphatic carbocycles. The number of pyridine rings is 2. The standard InChI is InChI=1S/C55H45N5O.Pt/c1-54(2,3)39-28-30-56-51(33-39)60-49-25-16-29-57-52(49)46-27-26-42(35-50(46)60)61-43-32-40(55(4,5)6)31-41(34-43)58-36-59(48-24-14-13-23-47(48)58)53-44(37-17-9-7-10-18-37)21-15-22-45(53)38-19-11-8-12-20-38;/h7-33H,1-6H3;/q;+2/i7D,8D,9D,10D,11D,12D,15D,17D,18D,19D,20D,21D,22D;. The van der Waals surface area contributed by atoms with Crippen LogP contribution in [0.3, 0.4) is 0 Å². The minimum Gasteiger partial charge on any atom is -0.509 e. The molecule has 1 aliphatic rings. The number of nitrogens with zero attached hydrogens (tertiary/aromatic N) is 5. The fourth-order valence-electron chi connectivity index (χ4n) is 7.44. The van der Waals surface area contributed by atoms with E-state index >= 15 is 0 Å². The average Bonchev–Trinajstić information content (AvgIpc) is 3.92. The van der Waals surface area contributed by atoms with Crippen molar-refractivity contribution in [3.05, 3.63) is 187 Å². The maximum atomic E-state index is 9.42.